The van der Waals surface area contributed by atoms with Crippen molar-refractivity contribution in [2.24, 2.45) is 0 Å². The van der Waals surface area contributed by atoms with Crippen molar-refractivity contribution < 1.29 is 34.9 Å². The second-order valence-electron chi connectivity index (χ2n) is 4.49. The fraction of sp³-hybridized carbons (Fsp3) is 0.429. The average Bonchev–Trinajstić information content (AvgIpc) is 2.48. The molecule has 0 bridgehead atoms. The van der Waals surface area contributed by atoms with Crippen molar-refractivity contribution in [2.45, 2.75) is 31.6 Å². The summed E-state index contributed by atoms with van der Waals surface area (Å²) in [6, 6.07) is 3.07. The molecule has 0 saturated carbocycles. The van der Waals surface area contributed by atoms with E-state index in [0.717, 1.165) is 12.1 Å². The van der Waals surface area contributed by atoms with Crippen molar-refractivity contribution in [3.05, 3.63) is 29.3 Å². The van der Waals surface area contributed by atoms with Crippen molar-refractivity contribution >= 4 is 59.8 Å². The first-order valence-corrected chi connectivity index (χ1v) is 8.20. The van der Waals surface area contributed by atoms with Gasteiger partial charge in [0.25, 0.3) is 10.1 Å². The third-order valence-corrected chi connectivity index (χ3v) is 3.38. The SMILES string of the molecule is CCCOC(=O)c1cc(C(=O)OCCC)cc(S(=O)(=O)O)c1.[Ca+2].[H-].[H-]. The predicted octanol–water partition coefficient (Wildman–Crippen LogP) is 1.91. The molecule has 0 saturated heterocycles. The zero-order valence-electron chi connectivity index (χ0n) is 15.1. The topological polar surface area (TPSA) is 107 Å². The maximum Gasteiger partial charge on any atom is 2.00 e. The normalized spacial score (nSPS) is 10.6. The van der Waals surface area contributed by atoms with Gasteiger partial charge in [0.15, 0.2) is 0 Å². The van der Waals surface area contributed by atoms with Crippen molar-refractivity contribution in [1.82, 2.24) is 0 Å². The first kappa shape index (κ1) is 22.3. The van der Waals surface area contributed by atoms with Crippen molar-refractivity contribution in [3.63, 3.8) is 0 Å². The summed E-state index contributed by atoms with van der Waals surface area (Å²) in [5.74, 6) is -1.56. The molecule has 0 spiro atoms. The van der Waals surface area contributed by atoms with Gasteiger partial charge in [0.05, 0.1) is 29.2 Å². The van der Waals surface area contributed by atoms with Crippen molar-refractivity contribution in [1.29, 1.82) is 0 Å². The van der Waals surface area contributed by atoms with Gasteiger partial charge in [-0.05, 0) is 31.0 Å². The second-order valence-corrected chi connectivity index (χ2v) is 5.91. The van der Waals surface area contributed by atoms with Crippen molar-refractivity contribution in [2.75, 3.05) is 13.2 Å². The van der Waals surface area contributed by atoms with E-state index in [1.807, 2.05) is 0 Å². The molecular weight excluding hydrogens is 352 g/mol. The molecule has 126 valence electrons. The molecule has 9 heteroatoms. The van der Waals surface area contributed by atoms with E-state index in [1.54, 1.807) is 13.8 Å². The molecule has 0 aliphatic carbocycles. The van der Waals surface area contributed by atoms with Gasteiger partial charge in [-0.1, -0.05) is 13.8 Å². The molecule has 1 aromatic rings. The third-order valence-electron chi connectivity index (χ3n) is 2.55. The van der Waals surface area contributed by atoms with Gasteiger partial charge < -0.3 is 12.3 Å². The molecule has 0 amide bonds. The minimum atomic E-state index is -4.57. The maximum atomic E-state index is 11.8. The van der Waals surface area contributed by atoms with Crippen LogP contribution >= 0.6 is 0 Å². The Hall–Kier alpha value is -0.670. The second kappa shape index (κ2) is 10.2. The van der Waals surface area contributed by atoms with Gasteiger partial charge >= 0.3 is 49.7 Å². The number of esters is 2. The van der Waals surface area contributed by atoms with E-state index < -0.39 is 27.0 Å². The summed E-state index contributed by atoms with van der Waals surface area (Å²) in [4.78, 5) is 23.1. The Morgan fingerprint density at radius 1 is 1.00 bits per heavy atom. The molecule has 0 unspecified atom stereocenters. The molecule has 1 N–H and O–H groups in total. The smallest absolute Gasteiger partial charge is 1.00 e. The number of benzene rings is 1. The molecule has 0 aromatic heterocycles. The first-order valence-electron chi connectivity index (χ1n) is 6.76. The van der Waals surface area contributed by atoms with Gasteiger partial charge in [-0.3, -0.25) is 4.55 Å². The fourth-order valence-corrected chi connectivity index (χ4v) is 2.09. The van der Waals surface area contributed by atoms with Crippen LogP contribution in [0.1, 0.15) is 50.3 Å². The molecule has 0 radical (unpaired) electrons. The van der Waals surface area contributed by atoms with Crippen LogP contribution in [0.4, 0.5) is 0 Å². The molecule has 0 atom stereocenters. The Morgan fingerprint density at radius 2 is 1.39 bits per heavy atom. The molecule has 1 rings (SSSR count). The fourth-order valence-electron chi connectivity index (χ4n) is 1.54. The summed E-state index contributed by atoms with van der Waals surface area (Å²) in [5.41, 5.74) is -0.293. The van der Waals surface area contributed by atoms with Gasteiger partial charge in [0.2, 0.25) is 0 Å². The average molecular weight is 372 g/mol. The van der Waals surface area contributed by atoms with Crippen LogP contribution in [0.2, 0.25) is 0 Å². The summed E-state index contributed by atoms with van der Waals surface area (Å²) < 4.78 is 41.4. The van der Waals surface area contributed by atoms with Gasteiger partial charge in [0.1, 0.15) is 0 Å². The Morgan fingerprint density at radius 3 is 1.70 bits per heavy atom. The monoisotopic (exact) mass is 372 g/mol. The van der Waals surface area contributed by atoms with Crippen LogP contribution in [0, 0.1) is 0 Å². The maximum absolute atomic E-state index is 11.8. The van der Waals surface area contributed by atoms with E-state index in [9.17, 15) is 18.0 Å². The standard InChI is InChI=1S/C14H18O7S.Ca.2H/c1-3-5-20-13(15)10-7-11(14(16)21-6-4-2)9-12(8-10)22(17,18)19;;;/h7-9H,3-6H2,1-2H3,(H,17,18,19);;;/q;+2;2*-1. The molecule has 0 heterocycles. The Labute approximate surface area is 168 Å². The predicted molar refractivity (Wildman–Crippen MR) is 85.4 cm³/mol. The summed E-state index contributed by atoms with van der Waals surface area (Å²) in [6.45, 7) is 3.92. The number of hydrogen-bond donors (Lipinski definition) is 1. The minimum absolute atomic E-state index is 0. The molecule has 0 aliphatic rings. The van der Waals surface area contributed by atoms with Crippen LogP contribution in [-0.2, 0) is 19.6 Å². The largest absolute Gasteiger partial charge is 2.00 e. The zero-order valence-corrected chi connectivity index (χ0v) is 16.1. The van der Waals surface area contributed by atoms with E-state index in [0.29, 0.717) is 12.8 Å². The van der Waals surface area contributed by atoms with Crippen LogP contribution in [0.5, 0.6) is 0 Å². The van der Waals surface area contributed by atoms with Gasteiger partial charge in [-0.2, -0.15) is 8.42 Å². The Bertz CT molecular complexity index is 627. The summed E-state index contributed by atoms with van der Waals surface area (Å²) >= 11 is 0. The Balaban J connectivity index is -0.00000161. The van der Waals surface area contributed by atoms with Crippen LogP contribution in [-0.4, -0.2) is 75.9 Å². The molecule has 0 aliphatic heterocycles. The molecule has 23 heavy (non-hydrogen) atoms. The molecular formula is C14H20CaO7S. The number of rotatable bonds is 7. The van der Waals surface area contributed by atoms with Gasteiger partial charge in [-0.25, -0.2) is 9.59 Å². The number of hydrogen-bond acceptors (Lipinski definition) is 6. The van der Waals surface area contributed by atoms with E-state index in [-0.39, 0.29) is 64.9 Å². The number of carbonyl (C=O) groups excluding carboxylic acids is 2. The molecule has 0 fully saturated rings. The number of ether oxygens (including phenoxy) is 2. The Kier molecular flexibility index (Phi) is 9.95. The summed E-state index contributed by atoms with van der Waals surface area (Å²) in [7, 11) is -4.57. The van der Waals surface area contributed by atoms with E-state index in [2.05, 4.69) is 0 Å². The molecule has 7 nitrogen and oxygen atoms in total. The first-order chi connectivity index (χ1) is 10.3. The van der Waals surface area contributed by atoms with E-state index in [1.165, 1.54) is 6.07 Å². The van der Waals surface area contributed by atoms with E-state index in [4.69, 9.17) is 14.0 Å². The number of carbonyl (C=O) groups is 2. The summed E-state index contributed by atoms with van der Waals surface area (Å²) in [5, 5.41) is 0. The van der Waals surface area contributed by atoms with Crippen LogP contribution in [0.3, 0.4) is 0 Å². The van der Waals surface area contributed by atoms with Gasteiger partial charge in [0, 0.05) is 0 Å². The third kappa shape index (κ3) is 7.17. The van der Waals surface area contributed by atoms with E-state index >= 15 is 0 Å². The molecule has 1 aromatic carbocycles. The van der Waals surface area contributed by atoms with Crippen LogP contribution in [0.15, 0.2) is 23.1 Å². The van der Waals surface area contributed by atoms with Crippen LogP contribution in [0.25, 0.3) is 0 Å². The minimum Gasteiger partial charge on any atom is -1.00 e. The van der Waals surface area contributed by atoms with Crippen molar-refractivity contribution in [3.8, 4) is 0 Å². The van der Waals surface area contributed by atoms with Gasteiger partial charge in [-0.15, -0.1) is 0 Å². The van der Waals surface area contributed by atoms with Crippen LogP contribution < -0.4 is 0 Å². The quantitative estimate of drug-likeness (QED) is 0.442. The summed E-state index contributed by atoms with van der Waals surface area (Å²) in [6.07, 6.45) is 1.18. The zero-order chi connectivity index (χ0) is 16.8.